The second-order valence-corrected chi connectivity index (χ2v) is 11.2. The summed E-state index contributed by atoms with van der Waals surface area (Å²) in [5.41, 5.74) is 5.73. The van der Waals surface area contributed by atoms with Crippen molar-refractivity contribution >= 4 is 29.4 Å². The third kappa shape index (κ3) is 4.31. The van der Waals surface area contributed by atoms with Gasteiger partial charge in [-0.1, -0.05) is 72.8 Å². The number of amides is 4. The minimum absolute atomic E-state index is 0.0726. The lowest BCUT2D eigenvalue weighted by Crippen LogP contribution is -2.36. The first-order valence-corrected chi connectivity index (χ1v) is 14.6. The van der Waals surface area contributed by atoms with Crippen molar-refractivity contribution in [3.8, 4) is 0 Å². The Labute approximate surface area is 248 Å². The minimum atomic E-state index is -0.360. The van der Waals surface area contributed by atoms with E-state index >= 15 is 0 Å². The Morgan fingerprint density at radius 3 is 1.40 bits per heavy atom. The average Bonchev–Trinajstić information content (AvgIpc) is 3.46. The highest BCUT2D eigenvalue weighted by molar-refractivity contribution is 6.22. The van der Waals surface area contributed by atoms with E-state index in [1.165, 1.54) is 15.4 Å². The van der Waals surface area contributed by atoms with Crippen LogP contribution in [0.3, 0.4) is 0 Å². The Hall–Kier alpha value is -5.17. The van der Waals surface area contributed by atoms with Crippen molar-refractivity contribution in [2.75, 3.05) is 0 Å². The average molecular weight is 569 g/mol. The van der Waals surface area contributed by atoms with Gasteiger partial charge in [0.25, 0.3) is 23.6 Å². The van der Waals surface area contributed by atoms with Crippen molar-refractivity contribution in [3.63, 3.8) is 0 Å². The smallest absolute Gasteiger partial charge is 0.262 e. The summed E-state index contributed by atoms with van der Waals surface area (Å²) in [6, 6.07) is 28.9. The molecule has 2 aliphatic heterocycles. The van der Waals surface area contributed by atoms with E-state index in [1.807, 2.05) is 48.5 Å². The predicted octanol–water partition coefficient (Wildman–Crippen LogP) is 6.36. The molecule has 0 saturated carbocycles. The Bertz CT molecular complexity index is 1770. The monoisotopic (exact) mass is 568 g/mol. The molecule has 0 fully saturated rings. The van der Waals surface area contributed by atoms with Crippen LogP contribution in [0.15, 0.2) is 97.1 Å². The molecule has 2 unspecified atom stereocenters. The van der Waals surface area contributed by atoms with E-state index in [1.54, 1.807) is 42.5 Å². The fourth-order valence-corrected chi connectivity index (χ4v) is 6.85. The molecule has 0 bridgehead atoms. The summed E-state index contributed by atoms with van der Waals surface area (Å²) in [5.74, 6) is -0.775. The van der Waals surface area contributed by atoms with Crippen LogP contribution in [-0.2, 0) is 6.42 Å². The summed E-state index contributed by atoms with van der Waals surface area (Å²) in [6.45, 7) is 0. The normalized spacial score (nSPS) is 20.2. The van der Waals surface area contributed by atoms with Gasteiger partial charge in [0.05, 0.1) is 34.3 Å². The van der Waals surface area contributed by atoms with Crippen LogP contribution in [-0.4, -0.2) is 39.2 Å². The van der Waals surface area contributed by atoms with E-state index in [2.05, 4.69) is 6.07 Å². The van der Waals surface area contributed by atoms with Gasteiger partial charge in [-0.05, 0) is 66.6 Å². The number of aryl methyl sites for hydroxylation is 1. The summed E-state index contributed by atoms with van der Waals surface area (Å²) in [5, 5.41) is 0. The first kappa shape index (κ1) is 26.7. The maximum Gasteiger partial charge on any atom is 0.262 e. The molecule has 8 rings (SSSR count). The molecule has 4 aromatic carbocycles. The maximum atomic E-state index is 12.6. The molecular formula is C36H28N2O5. The predicted molar refractivity (Wildman–Crippen MR) is 159 cm³/mol. The second kappa shape index (κ2) is 10.6. The van der Waals surface area contributed by atoms with Gasteiger partial charge < -0.3 is 0 Å². The van der Waals surface area contributed by atoms with Crippen LogP contribution in [0.1, 0.15) is 106 Å². The number of Topliss-reactive ketones (excluding diaryl/α,β-unsaturated/α-hetero) is 1. The number of carbonyl (C=O) groups is 5. The van der Waals surface area contributed by atoms with Gasteiger partial charge in [0.1, 0.15) is 0 Å². The third-order valence-corrected chi connectivity index (χ3v) is 8.88. The van der Waals surface area contributed by atoms with Crippen LogP contribution in [0, 0.1) is 0 Å². The van der Waals surface area contributed by atoms with Gasteiger partial charge in [-0.2, -0.15) is 0 Å². The molecule has 7 nitrogen and oxygen atoms in total. The number of fused-ring (bicyclic) bond motifs is 4. The lowest BCUT2D eigenvalue weighted by Gasteiger charge is -2.31. The minimum Gasteiger partial charge on any atom is -0.294 e. The molecule has 0 spiro atoms. The highest BCUT2D eigenvalue weighted by atomic mass is 16.2. The third-order valence-electron chi connectivity index (χ3n) is 8.88. The van der Waals surface area contributed by atoms with Crippen LogP contribution in [0.2, 0.25) is 0 Å². The molecule has 4 aromatic rings. The van der Waals surface area contributed by atoms with Crippen LogP contribution in [0.5, 0.6) is 0 Å². The largest absolute Gasteiger partial charge is 0.294 e. The van der Waals surface area contributed by atoms with Crippen molar-refractivity contribution in [1.82, 2.24) is 9.80 Å². The zero-order chi connectivity index (χ0) is 29.7. The van der Waals surface area contributed by atoms with Gasteiger partial charge >= 0.3 is 0 Å². The molecule has 2 aliphatic carbocycles. The van der Waals surface area contributed by atoms with Gasteiger partial charge in [0, 0.05) is 12.0 Å². The molecule has 4 amide bonds. The summed E-state index contributed by atoms with van der Waals surface area (Å²) in [4.78, 5) is 65.3. The van der Waals surface area contributed by atoms with E-state index in [-0.39, 0.29) is 41.5 Å². The number of rotatable bonds is 2. The zero-order valence-electron chi connectivity index (χ0n) is 23.4. The lowest BCUT2D eigenvalue weighted by atomic mass is 9.86. The first-order chi connectivity index (χ1) is 21.0. The Morgan fingerprint density at radius 2 is 0.860 bits per heavy atom. The molecule has 212 valence electrons. The van der Waals surface area contributed by atoms with Gasteiger partial charge in [-0.3, -0.25) is 33.8 Å². The van der Waals surface area contributed by atoms with Crippen molar-refractivity contribution in [3.05, 3.63) is 142 Å². The second-order valence-electron chi connectivity index (χ2n) is 11.2. The zero-order valence-corrected chi connectivity index (χ0v) is 23.4. The van der Waals surface area contributed by atoms with E-state index in [4.69, 9.17) is 0 Å². The number of carbonyl (C=O) groups excluding carboxylic acids is 5. The van der Waals surface area contributed by atoms with Gasteiger partial charge in [-0.15, -0.1) is 0 Å². The number of benzene rings is 4. The summed E-state index contributed by atoms with van der Waals surface area (Å²) in [6.07, 6.45) is 3.73. The number of nitrogens with zero attached hydrogens (tertiary/aromatic N) is 2. The maximum absolute atomic E-state index is 12.6. The van der Waals surface area contributed by atoms with Gasteiger partial charge in [0.15, 0.2) is 5.78 Å². The highest BCUT2D eigenvalue weighted by Crippen LogP contribution is 2.40. The molecule has 7 heteroatoms. The van der Waals surface area contributed by atoms with Crippen molar-refractivity contribution in [2.45, 2.75) is 44.2 Å². The first-order valence-electron chi connectivity index (χ1n) is 14.6. The number of hydrogen-bond acceptors (Lipinski definition) is 5. The molecular weight excluding hydrogens is 540 g/mol. The van der Waals surface area contributed by atoms with Gasteiger partial charge in [0.2, 0.25) is 0 Å². The van der Waals surface area contributed by atoms with Crippen LogP contribution in [0.4, 0.5) is 0 Å². The molecule has 0 saturated heterocycles. The molecule has 2 heterocycles. The number of ketones is 1. The standard InChI is InChI=1S/C18H13NO3.C18H15NO2/c20-16-10-9-15(11-5-1-2-6-12(11)16)19-17(21)13-7-3-4-8-14(13)18(19)22;20-17-14-9-3-4-10-15(14)18(21)19(17)16-11-5-7-12-6-1-2-8-13(12)16/h1-8,15H,9-10H2;1-4,6,8-10,16H,5,7,11H2. The molecule has 0 radical (unpaired) electrons. The fourth-order valence-electron chi connectivity index (χ4n) is 6.85. The SMILES string of the molecule is O=C1CCC(N2C(=O)c3ccccc3C2=O)c2ccccc21.O=C1c2ccccc2C(=O)N1C1CCCc2ccccc21. The Balaban J connectivity index is 0.000000140. The van der Waals surface area contributed by atoms with Crippen LogP contribution < -0.4 is 0 Å². The van der Waals surface area contributed by atoms with E-state index in [0.717, 1.165) is 30.4 Å². The topological polar surface area (TPSA) is 91.8 Å². The van der Waals surface area contributed by atoms with Crippen molar-refractivity contribution in [2.24, 2.45) is 0 Å². The van der Waals surface area contributed by atoms with E-state index in [9.17, 15) is 24.0 Å². The van der Waals surface area contributed by atoms with E-state index in [0.29, 0.717) is 40.7 Å². The lowest BCUT2D eigenvalue weighted by molar-refractivity contribution is 0.0548. The molecule has 0 N–H and O–H groups in total. The molecule has 43 heavy (non-hydrogen) atoms. The van der Waals surface area contributed by atoms with Crippen molar-refractivity contribution in [1.29, 1.82) is 0 Å². The van der Waals surface area contributed by atoms with Gasteiger partial charge in [-0.25, -0.2) is 0 Å². The van der Waals surface area contributed by atoms with Crippen molar-refractivity contribution < 1.29 is 24.0 Å². The summed E-state index contributed by atoms with van der Waals surface area (Å²) in [7, 11) is 0. The fraction of sp³-hybridized carbons (Fsp3) is 0.194. The quantitative estimate of drug-likeness (QED) is 0.263. The van der Waals surface area contributed by atoms with E-state index < -0.39 is 0 Å². The molecule has 4 aliphatic rings. The number of hydrogen-bond donors (Lipinski definition) is 0. The summed E-state index contributed by atoms with van der Waals surface area (Å²) < 4.78 is 0. The van der Waals surface area contributed by atoms with Crippen LogP contribution >= 0.6 is 0 Å². The summed E-state index contributed by atoms with van der Waals surface area (Å²) >= 11 is 0. The highest BCUT2D eigenvalue weighted by Gasteiger charge is 2.43. The van der Waals surface area contributed by atoms with Crippen LogP contribution in [0.25, 0.3) is 0 Å². The Kier molecular flexibility index (Phi) is 6.58. The Morgan fingerprint density at radius 1 is 0.442 bits per heavy atom. The molecule has 0 aromatic heterocycles. The number of imide groups is 2. The molecule has 2 atom stereocenters.